The third-order valence-corrected chi connectivity index (χ3v) is 2.69. The molecule has 0 heterocycles. The van der Waals surface area contributed by atoms with Crippen molar-refractivity contribution in [2.45, 2.75) is 6.42 Å². The number of rotatable bonds is 2. The van der Waals surface area contributed by atoms with Crippen molar-refractivity contribution in [1.29, 1.82) is 0 Å². The van der Waals surface area contributed by atoms with E-state index in [2.05, 4.69) is 0 Å². The van der Waals surface area contributed by atoms with Gasteiger partial charge in [0, 0.05) is 5.69 Å². The molecular formula is C13H16N4. The summed E-state index contributed by atoms with van der Waals surface area (Å²) in [6.07, 6.45) is 0.759. The summed E-state index contributed by atoms with van der Waals surface area (Å²) < 4.78 is 0. The molecule has 0 aliphatic rings. The molecule has 4 nitrogen and oxygen atoms in total. The van der Waals surface area contributed by atoms with E-state index in [1.54, 1.807) is 0 Å². The summed E-state index contributed by atoms with van der Waals surface area (Å²) in [5.41, 5.74) is 27.3. The van der Waals surface area contributed by atoms with Crippen molar-refractivity contribution in [3.05, 3.63) is 47.5 Å². The Balaban J connectivity index is 2.27. The summed E-state index contributed by atoms with van der Waals surface area (Å²) >= 11 is 0. The first-order valence-electron chi connectivity index (χ1n) is 5.34. The number of anilines is 4. The Morgan fingerprint density at radius 3 is 1.76 bits per heavy atom. The van der Waals surface area contributed by atoms with Gasteiger partial charge >= 0.3 is 0 Å². The average Bonchev–Trinajstić information content (AvgIpc) is 2.29. The van der Waals surface area contributed by atoms with Crippen molar-refractivity contribution >= 4 is 22.7 Å². The number of benzene rings is 2. The molecule has 2 aromatic rings. The fraction of sp³-hybridized carbons (Fsp3) is 0.0769. The molecule has 0 radical (unpaired) electrons. The van der Waals surface area contributed by atoms with E-state index in [1.807, 2.05) is 36.4 Å². The molecule has 0 aliphatic heterocycles. The van der Waals surface area contributed by atoms with Crippen molar-refractivity contribution in [1.82, 2.24) is 0 Å². The summed E-state index contributed by atoms with van der Waals surface area (Å²) in [4.78, 5) is 0. The predicted octanol–water partition coefficient (Wildman–Crippen LogP) is 1.61. The molecule has 0 saturated heterocycles. The van der Waals surface area contributed by atoms with Gasteiger partial charge in [0.2, 0.25) is 0 Å². The van der Waals surface area contributed by atoms with Gasteiger partial charge < -0.3 is 22.9 Å². The van der Waals surface area contributed by atoms with Crippen LogP contribution in [0.3, 0.4) is 0 Å². The van der Waals surface area contributed by atoms with Crippen LogP contribution in [0.1, 0.15) is 11.1 Å². The maximum absolute atomic E-state index is 5.77. The van der Waals surface area contributed by atoms with Gasteiger partial charge in [-0.2, -0.15) is 0 Å². The lowest BCUT2D eigenvalue weighted by Gasteiger charge is -2.08. The van der Waals surface area contributed by atoms with Gasteiger partial charge in [-0.3, -0.25) is 0 Å². The van der Waals surface area contributed by atoms with E-state index in [1.165, 1.54) is 0 Å². The normalized spacial score (nSPS) is 10.4. The predicted molar refractivity (Wildman–Crippen MR) is 73.3 cm³/mol. The van der Waals surface area contributed by atoms with Crippen LogP contribution in [0.2, 0.25) is 0 Å². The molecule has 0 aromatic heterocycles. The van der Waals surface area contributed by atoms with Crippen LogP contribution in [0.25, 0.3) is 0 Å². The Labute approximate surface area is 100 Å². The Bertz CT molecular complexity index is 509. The lowest BCUT2D eigenvalue weighted by atomic mass is 10.0. The van der Waals surface area contributed by atoms with Gasteiger partial charge in [0.05, 0.1) is 17.1 Å². The van der Waals surface area contributed by atoms with Crippen molar-refractivity contribution < 1.29 is 0 Å². The Kier molecular flexibility index (Phi) is 2.78. The van der Waals surface area contributed by atoms with E-state index in [0.29, 0.717) is 17.1 Å². The summed E-state index contributed by atoms with van der Waals surface area (Å²) in [7, 11) is 0. The monoisotopic (exact) mass is 228 g/mol. The summed E-state index contributed by atoms with van der Waals surface area (Å²) in [5, 5.41) is 0. The molecule has 0 bridgehead atoms. The van der Waals surface area contributed by atoms with Gasteiger partial charge in [-0.25, -0.2) is 0 Å². The number of hydrogen-bond acceptors (Lipinski definition) is 4. The molecule has 0 atom stereocenters. The van der Waals surface area contributed by atoms with Gasteiger partial charge in [0.1, 0.15) is 0 Å². The van der Waals surface area contributed by atoms with Crippen LogP contribution in [0.5, 0.6) is 0 Å². The summed E-state index contributed by atoms with van der Waals surface area (Å²) in [5.74, 6) is 0. The van der Waals surface area contributed by atoms with Crippen LogP contribution in [0.15, 0.2) is 36.4 Å². The second-order valence-electron chi connectivity index (χ2n) is 4.11. The Hall–Kier alpha value is -2.36. The third kappa shape index (κ3) is 2.42. The molecule has 0 saturated carbocycles. The van der Waals surface area contributed by atoms with E-state index in [4.69, 9.17) is 22.9 Å². The summed E-state index contributed by atoms with van der Waals surface area (Å²) in [6.45, 7) is 0. The Morgan fingerprint density at radius 1 is 0.706 bits per heavy atom. The van der Waals surface area contributed by atoms with Crippen LogP contribution >= 0.6 is 0 Å². The number of nitrogens with two attached hydrogens (primary N) is 4. The molecule has 2 rings (SSSR count). The lowest BCUT2D eigenvalue weighted by Crippen LogP contribution is -2.02. The van der Waals surface area contributed by atoms with E-state index >= 15 is 0 Å². The molecule has 0 fully saturated rings. The zero-order valence-corrected chi connectivity index (χ0v) is 9.48. The first-order valence-corrected chi connectivity index (χ1v) is 5.34. The van der Waals surface area contributed by atoms with Crippen LogP contribution in [-0.4, -0.2) is 0 Å². The fourth-order valence-corrected chi connectivity index (χ4v) is 1.74. The number of nitrogen functional groups attached to an aromatic ring is 4. The molecule has 8 N–H and O–H groups in total. The second kappa shape index (κ2) is 4.25. The molecule has 0 unspecified atom stereocenters. The van der Waals surface area contributed by atoms with Gasteiger partial charge in [-0.15, -0.1) is 0 Å². The van der Waals surface area contributed by atoms with Gasteiger partial charge in [-0.1, -0.05) is 12.1 Å². The van der Waals surface area contributed by atoms with Crippen LogP contribution in [0.4, 0.5) is 22.7 Å². The number of hydrogen-bond donors (Lipinski definition) is 4. The first-order chi connectivity index (χ1) is 8.06. The topological polar surface area (TPSA) is 104 Å². The lowest BCUT2D eigenvalue weighted by molar-refractivity contribution is 1.20. The van der Waals surface area contributed by atoms with Crippen molar-refractivity contribution in [3.8, 4) is 0 Å². The molecule has 17 heavy (non-hydrogen) atoms. The minimum atomic E-state index is 0.450. The quantitative estimate of drug-likeness (QED) is 0.586. The molecule has 88 valence electrons. The first kappa shape index (κ1) is 11.1. The van der Waals surface area contributed by atoms with Gasteiger partial charge in [-0.05, 0) is 41.8 Å². The van der Waals surface area contributed by atoms with Crippen LogP contribution in [-0.2, 0) is 6.42 Å². The third-order valence-electron chi connectivity index (χ3n) is 2.69. The highest BCUT2D eigenvalue weighted by molar-refractivity contribution is 5.78. The maximum atomic E-state index is 5.77. The minimum Gasteiger partial charge on any atom is -0.399 e. The smallest absolute Gasteiger partial charge is 0.0781 e. The highest BCUT2D eigenvalue weighted by atomic mass is 14.7. The molecule has 4 heteroatoms. The average molecular weight is 228 g/mol. The second-order valence-corrected chi connectivity index (χ2v) is 4.11. The fourth-order valence-electron chi connectivity index (χ4n) is 1.74. The maximum Gasteiger partial charge on any atom is 0.0781 e. The van der Waals surface area contributed by atoms with Crippen LogP contribution in [0, 0.1) is 0 Å². The van der Waals surface area contributed by atoms with E-state index in [-0.39, 0.29) is 0 Å². The minimum absolute atomic E-state index is 0.450. The zero-order chi connectivity index (χ0) is 12.4. The van der Waals surface area contributed by atoms with E-state index < -0.39 is 0 Å². The SMILES string of the molecule is Nc1ccc(Cc2cc(N)c(N)c(N)c2)cc1. The van der Waals surface area contributed by atoms with E-state index in [0.717, 1.165) is 23.2 Å². The largest absolute Gasteiger partial charge is 0.399 e. The molecule has 0 amide bonds. The molecule has 2 aromatic carbocycles. The Morgan fingerprint density at radius 2 is 1.24 bits per heavy atom. The van der Waals surface area contributed by atoms with Crippen molar-refractivity contribution in [2.75, 3.05) is 22.9 Å². The van der Waals surface area contributed by atoms with Crippen molar-refractivity contribution in [2.24, 2.45) is 0 Å². The standard InChI is InChI=1S/C13H16N4/c14-10-3-1-8(2-4-10)5-9-6-11(15)13(17)12(16)7-9/h1-4,6-7H,5,14-17H2. The van der Waals surface area contributed by atoms with E-state index in [9.17, 15) is 0 Å². The summed E-state index contributed by atoms with van der Waals surface area (Å²) in [6, 6.07) is 11.4. The van der Waals surface area contributed by atoms with Gasteiger partial charge in [0.15, 0.2) is 0 Å². The molecule has 0 spiro atoms. The molecular weight excluding hydrogens is 212 g/mol. The molecule has 0 aliphatic carbocycles. The highest BCUT2D eigenvalue weighted by Crippen LogP contribution is 2.25. The zero-order valence-electron chi connectivity index (χ0n) is 9.48. The van der Waals surface area contributed by atoms with Crippen molar-refractivity contribution in [3.63, 3.8) is 0 Å². The van der Waals surface area contributed by atoms with Gasteiger partial charge in [0.25, 0.3) is 0 Å². The van der Waals surface area contributed by atoms with Crippen LogP contribution < -0.4 is 22.9 Å². The highest BCUT2D eigenvalue weighted by Gasteiger charge is 2.04.